The summed E-state index contributed by atoms with van der Waals surface area (Å²) in [6, 6.07) is 6.37. The number of methoxy groups -OCH3 is 2. The van der Waals surface area contributed by atoms with Gasteiger partial charge in [-0.2, -0.15) is 0 Å². The van der Waals surface area contributed by atoms with Gasteiger partial charge < -0.3 is 20.1 Å². The smallest absolute Gasteiger partial charge is 0.251 e. The van der Waals surface area contributed by atoms with Crippen LogP contribution in [0.4, 0.5) is 0 Å². The van der Waals surface area contributed by atoms with Crippen LogP contribution in [0.1, 0.15) is 34.6 Å². The van der Waals surface area contributed by atoms with Crippen LogP contribution < -0.4 is 10.6 Å². The average molecular weight is 308 g/mol. The lowest BCUT2D eigenvalue weighted by atomic mass is 10.1. The molecule has 22 heavy (non-hydrogen) atoms. The van der Waals surface area contributed by atoms with Crippen LogP contribution in [-0.2, 0) is 9.47 Å². The van der Waals surface area contributed by atoms with Crippen molar-refractivity contribution < 1.29 is 19.1 Å². The first-order chi connectivity index (χ1) is 10.5. The van der Waals surface area contributed by atoms with Crippen molar-refractivity contribution in [1.29, 1.82) is 0 Å². The Kier molecular flexibility index (Phi) is 7.56. The summed E-state index contributed by atoms with van der Waals surface area (Å²) in [5, 5.41) is 5.63. The van der Waals surface area contributed by atoms with Gasteiger partial charge in [-0.3, -0.25) is 9.59 Å². The molecule has 0 aliphatic carbocycles. The Morgan fingerprint density at radius 1 is 0.864 bits per heavy atom. The number of benzene rings is 1. The maximum Gasteiger partial charge on any atom is 0.251 e. The summed E-state index contributed by atoms with van der Waals surface area (Å²) < 4.78 is 9.94. The quantitative estimate of drug-likeness (QED) is 0.757. The highest BCUT2D eigenvalue weighted by molar-refractivity contribution is 5.98. The van der Waals surface area contributed by atoms with Crippen molar-refractivity contribution in [3.8, 4) is 0 Å². The Labute approximate surface area is 131 Å². The van der Waals surface area contributed by atoms with Crippen LogP contribution in [0.25, 0.3) is 0 Å². The zero-order valence-electron chi connectivity index (χ0n) is 13.5. The summed E-state index contributed by atoms with van der Waals surface area (Å²) in [4.78, 5) is 24.0. The Hall–Kier alpha value is -1.92. The van der Waals surface area contributed by atoms with Gasteiger partial charge >= 0.3 is 0 Å². The molecule has 6 heteroatoms. The monoisotopic (exact) mass is 308 g/mol. The van der Waals surface area contributed by atoms with Gasteiger partial charge in [0.15, 0.2) is 0 Å². The van der Waals surface area contributed by atoms with E-state index >= 15 is 0 Å². The van der Waals surface area contributed by atoms with Gasteiger partial charge in [-0.25, -0.2) is 0 Å². The van der Waals surface area contributed by atoms with Crippen LogP contribution in [0, 0.1) is 0 Å². The van der Waals surface area contributed by atoms with Crippen LogP contribution in [0.5, 0.6) is 0 Å². The van der Waals surface area contributed by atoms with Gasteiger partial charge in [0.05, 0.1) is 13.2 Å². The minimum Gasteiger partial charge on any atom is -0.383 e. The van der Waals surface area contributed by atoms with Crippen molar-refractivity contribution in [3.05, 3.63) is 35.4 Å². The third kappa shape index (κ3) is 5.83. The molecule has 0 saturated heterocycles. The number of rotatable bonds is 8. The highest BCUT2D eigenvalue weighted by Gasteiger charge is 2.12. The third-order valence-electron chi connectivity index (χ3n) is 3.00. The second-order valence-corrected chi connectivity index (χ2v) is 5.24. The molecule has 0 heterocycles. The molecule has 0 aliphatic rings. The van der Waals surface area contributed by atoms with Crippen molar-refractivity contribution in [2.45, 2.75) is 25.9 Å². The fourth-order valence-corrected chi connectivity index (χ4v) is 1.97. The van der Waals surface area contributed by atoms with Crippen molar-refractivity contribution in [2.24, 2.45) is 0 Å². The van der Waals surface area contributed by atoms with Crippen LogP contribution >= 0.6 is 0 Å². The van der Waals surface area contributed by atoms with Crippen molar-refractivity contribution in [1.82, 2.24) is 10.6 Å². The summed E-state index contributed by atoms with van der Waals surface area (Å²) in [7, 11) is 3.17. The Bertz CT molecular complexity index is 442. The summed E-state index contributed by atoms with van der Waals surface area (Å²) in [5.41, 5.74) is 1.01. The number of carbonyl (C=O) groups is 2. The van der Waals surface area contributed by atoms with E-state index in [4.69, 9.17) is 9.47 Å². The van der Waals surface area contributed by atoms with Crippen LogP contribution in [-0.4, -0.2) is 51.3 Å². The number of amides is 2. The largest absolute Gasteiger partial charge is 0.383 e. The van der Waals surface area contributed by atoms with Crippen molar-refractivity contribution in [3.63, 3.8) is 0 Å². The summed E-state index contributed by atoms with van der Waals surface area (Å²) in [5.74, 6) is -0.381. The second kappa shape index (κ2) is 9.17. The number of hydrogen-bond donors (Lipinski definition) is 2. The molecule has 1 rings (SSSR count). The molecule has 2 N–H and O–H groups in total. The van der Waals surface area contributed by atoms with E-state index in [1.54, 1.807) is 38.5 Å². The van der Waals surface area contributed by atoms with Crippen LogP contribution in [0.2, 0.25) is 0 Å². The highest BCUT2D eigenvalue weighted by Crippen LogP contribution is 2.05. The molecule has 0 aromatic heterocycles. The normalized spacial score (nSPS) is 13.3. The molecule has 2 amide bonds. The van der Waals surface area contributed by atoms with E-state index in [0.717, 1.165) is 0 Å². The minimum absolute atomic E-state index is 0.0737. The first kappa shape index (κ1) is 18.1. The molecule has 0 fully saturated rings. The van der Waals surface area contributed by atoms with E-state index in [0.29, 0.717) is 24.3 Å². The molecular formula is C16H24N2O4. The van der Waals surface area contributed by atoms with Gasteiger partial charge in [0.2, 0.25) is 0 Å². The third-order valence-corrected chi connectivity index (χ3v) is 3.00. The molecule has 6 nitrogen and oxygen atoms in total. The molecule has 0 bridgehead atoms. The lowest BCUT2D eigenvalue weighted by molar-refractivity contribution is 0.0894. The Morgan fingerprint density at radius 3 is 1.45 bits per heavy atom. The highest BCUT2D eigenvalue weighted by atomic mass is 16.5. The predicted octanol–water partition coefficient (Wildman–Crippen LogP) is 1.22. The van der Waals surface area contributed by atoms with Crippen LogP contribution in [0.15, 0.2) is 24.3 Å². The first-order valence-electron chi connectivity index (χ1n) is 7.17. The SMILES string of the molecule is COC[C@@H](C)NC(=O)c1ccc(C(=O)N[C@@H](C)COC)cc1. The second-order valence-electron chi connectivity index (χ2n) is 5.24. The molecule has 0 radical (unpaired) electrons. The maximum absolute atomic E-state index is 12.0. The van der Waals surface area contributed by atoms with E-state index in [1.165, 1.54) is 0 Å². The van der Waals surface area contributed by atoms with E-state index in [2.05, 4.69) is 10.6 Å². The average Bonchev–Trinajstić information content (AvgIpc) is 2.47. The fourth-order valence-electron chi connectivity index (χ4n) is 1.97. The van der Waals surface area contributed by atoms with Gasteiger partial charge in [0.1, 0.15) is 0 Å². The molecule has 0 saturated carbocycles. The number of hydrogen-bond acceptors (Lipinski definition) is 4. The van der Waals surface area contributed by atoms with E-state index in [-0.39, 0.29) is 23.9 Å². The molecular weight excluding hydrogens is 284 g/mol. The van der Waals surface area contributed by atoms with Gasteiger partial charge in [0, 0.05) is 37.4 Å². The zero-order chi connectivity index (χ0) is 16.5. The maximum atomic E-state index is 12.0. The van der Waals surface area contributed by atoms with Crippen molar-refractivity contribution in [2.75, 3.05) is 27.4 Å². The molecule has 1 aromatic carbocycles. The van der Waals surface area contributed by atoms with E-state index in [1.807, 2.05) is 13.8 Å². The molecule has 0 spiro atoms. The lowest BCUT2D eigenvalue weighted by Gasteiger charge is -2.14. The molecule has 1 aromatic rings. The van der Waals surface area contributed by atoms with Gasteiger partial charge in [-0.1, -0.05) is 0 Å². The van der Waals surface area contributed by atoms with Crippen molar-refractivity contribution >= 4 is 11.8 Å². The van der Waals surface area contributed by atoms with Gasteiger partial charge in [-0.15, -0.1) is 0 Å². The predicted molar refractivity (Wildman–Crippen MR) is 84.1 cm³/mol. The summed E-state index contributed by atoms with van der Waals surface area (Å²) >= 11 is 0. The fraction of sp³-hybridized carbons (Fsp3) is 0.500. The molecule has 122 valence electrons. The summed E-state index contributed by atoms with van der Waals surface area (Å²) in [6.07, 6.45) is 0. The summed E-state index contributed by atoms with van der Waals surface area (Å²) in [6.45, 7) is 4.62. The Balaban J connectivity index is 2.62. The van der Waals surface area contributed by atoms with Gasteiger partial charge in [0.25, 0.3) is 11.8 Å². The number of carbonyl (C=O) groups excluding carboxylic acids is 2. The number of ether oxygens (including phenoxy) is 2. The minimum atomic E-state index is -0.191. The van der Waals surface area contributed by atoms with Crippen LogP contribution in [0.3, 0.4) is 0 Å². The number of nitrogens with one attached hydrogen (secondary N) is 2. The lowest BCUT2D eigenvalue weighted by Crippen LogP contribution is -2.36. The standard InChI is InChI=1S/C16H24N2O4/c1-11(9-21-3)17-15(19)13-5-7-14(8-6-13)16(20)18-12(2)10-22-4/h5-8,11-12H,9-10H2,1-4H3,(H,17,19)(H,18,20)/t11-,12+. The van der Waals surface area contributed by atoms with Gasteiger partial charge in [-0.05, 0) is 38.1 Å². The molecule has 2 atom stereocenters. The molecule has 0 aliphatic heterocycles. The van der Waals surface area contributed by atoms with E-state index < -0.39 is 0 Å². The molecule has 0 unspecified atom stereocenters. The topological polar surface area (TPSA) is 76.7 Å². The van der Waals surface area contributed by atoms with E-state index in [9.17, 15) is 9.59 Å². The zero-order valence-corrected chi connectivity index (χ0v) is 13.5. The Morgan fingerprint density at radius 2 is 1.18 bits per heavy atom. The first-order valence-corrected chi connectivity index (χ1v) is 7.17.